The SMILES string of the molecule is COC(=O)c1cc(/C=C/CC/C=C/c2ccc(-c3ccc(O)cc3)cc2)ccc1O. The molecular formula is C26H24O4. The van der Waals surface area contributed by atoms with Crippen LogP contribution in [0.15, 0.2) is 78.9 Å². The van der Waals surface area contributed by atoms with Gasteiger partial charge in [0, 0.05) is 0 Å². The largest absolute Gasteiger partial charge is 0.508 e. The van der Waals surface area contributed by atoms with Crippen molar-refractivity contribution in [1.82, 2.24) is 0 Å². The molecule has 0 radical (unpaired) electrons. The number of aromatic hydroxyl groups is 2. The van der Waals surface area contributed by atoms with Gasteiger partial charge < -0.3 is 14.9 Å². The Balaban J connectivity index is 1.52. The Morgan fingerprint density at radius 3 is 1.93 bits per heavy atom. The van der Waals surface area contributed by atoms with E-state index in [-0.39, 0.29) is 17.1 Å². The zero-order valence-electron chi connectivity index (χ0n) is 16.8. The number of esters is 1. The molecule has 0 heterocycles. The first-order chi connectivity index (χ1) is 14.6. The Labute approximate surface area is 176 Å². The topological polar surface area (TPSA) is 66.8 Å². The molecule has 3 rings (SSSR count). The van der Waals surface area contributed by atoms with E-state index in [1.54, 1.807) is 24.3 Å². The number of benzene rings is 3. The summed E-state index contributed by atoms with van der Waals surface area (Å²) in [6, 6.07) is 20.3. The molecule has 0 bridgehead atoms. The minimum absolute atomic E-state index is 0.0848. The summed E-state index contributed by atoms with van der Waals surface area (Å²) in [7, 11) is 1.29. The summed E-state index contributed by atoms with van der Waals surface area (Å²) in [5.41, 5.74) is 4.30. The molecule has 0 unspecified atom stereocenters. The predicted octanol–water partition coefficient (Wildman–Crippen LogP) is 6.06. The van der Waals surface area contributed by atoms with E-state index in [0.29, 0.717) is 0 Å². The molecule has 0 spiro atoms. The van der Waals surface area contributed by atoms with E-state index in [1.165, 1.54) is 13.2 Å². The van der Waals surface area contributed by atoms with Crippen LogP contribution in [0.25, 0.3) is 23.3 Å². The number of carbonyl (C=O) groups excluding carboxylic acids is 1. The molecule has 3 aromatic carbocycles. The molecular weight excluding hydrogens is 376 g/mol. The third-order valence-corrected chi connectivity index (χ3v) is 4.66. The molecule has 0 aliphatic rings. The van der Waals surface area contributed by atoms with Crippen molar-refractivity contribution in [2.45, 2.75) is 12.8 Å². The molecule has 30 heavy (non-hydrogen) atoms. The molecule has 0 aliphatic heterocycles. The lowest BCUT2D eigenvalue weighted by Crippen LogP contribution is -2.01. The quantitative estimate of drug-likeness (QED) is 0.374. The monoisotopic (exact) mass is 400 g/mol. The first-order valence-corrected chi connectivity index (χ1v) is 9.70. The lowest BCUT2D eigenvalue weighted by atomic mass is 10.0. The molecule has 0 aliphatic carbocycles. The Kier molecular flexibility index (Phi) is 7.06. The van der Waals surface area contributed by atoms with Crippen LogP contribution in [0.3, 0.4) is 0 Å². The fraction of sp³-hybridized carbons (Fsp3) is 0.115. The molecule has 0 saturated carbocycles. The first-order valence-electron chi connectivity index (χ1n) is 9.70. The highest BCUT2D eigenvalue weighted by Gasteiger charge is 2.11. The summed E-state index contributed by atoms with van der Waals surface area (Å²) >= 11 is 0. The van der Waals surface area contributed by atoms with Gasteiger partial charge in [-0.3, -0.25) is 0 Å². The van der Waals surface area contributed by atoms with Crippen LogP contribution < -0.4 is 0 Å². The summed E-state index contributed by atoms with van der Waals surface area (Å²) in [5.74, 6) is -0.373. The second-order valence-corrected chi connectivity index (χ2v) is 6.82. The number of phenolic OH excluding ortho intramolecular Hbond substituents is 2. The van der Waals surface area contributed by atoms with Gasteiger partial charge in [-0.05, 0) is 59.4 Å². The normalized spacial score (nSPS) is 11.2. The van der Waals surface area contributed by atoms with E-state index in [4.69, 9.17) is 0 Å². The fourth-order valence-electron chi connectivity index (χ4n) is 3.00. The molecule has 3 aromatic rings. The highest BCUT2D eigenvalue weighted by atomic mass is 16.5. The van der Waals surface area contributed by atoms with Crippen LogP contribution in [0.2, 0.25) is 0 Å². The lowest BCUT2D eigenvalue weighted by Gasteiger charge is -2.03. The van der Waals surface area contributed by atoms with Crippen molar-refractivity contribution in [2.75, 3.05) is 7.11 Å². The van der Waals surface area contributed by atoms with E-state index < -0.39 is 5.97 Å². The summed E-state index contributed by atoms with van der Waals surface area (Å²) in [6.07, 6.45) is 9.91. The average molecular weight is 400 g/mol. The Morgan fingerprint density at radius 2 is 1.33 bits per heavy atom. The highest BCUT2D eigenvalue weighted by Crippen LogP contribution is 2.23. The Morgan fingerprint density at radius 1 is 0.800 bits per heavy atom. The van der Waals surface area contributed by atoms with Crippen molar-refractivity contribution in [3.63, 3.8) is 0 Å². The van der Waals surface area contributed by atoms with Gasteiger partial charge in [0.15, 0.2) is 0 Å². The zero-order valence-corrected chi connectivity index (χ0v) is 16.8. The maximum Gasteiger partial charge on any atom is 0.341 e. The first kappa shape index (κ1) is 20.9. The fourth-order valence-corrected chi connectivity index (χ4v) is 3.00. The van der Waals surface area contributed by atoms with Crippen molar-refractivity contribution >= 4 is 18.1 Å². The minimum atomic E-state index is -0.554. The number of hydrogen-bond donors (Lipinski definition) is 2. The smallest absolute Gasteiger partial charge is 0.341 e. The van der Waals surface area contributed by atoms with E-state index in [1.807, 2.05) is 24.3 Å². The summed E-state index contributed by atoms with van der Waals surface area (Å²) in [6.45, 7) is 0. The maximum absolute atomic E-state index is 11.6. The van der Waals surface area contributed by atoms with Crippen LogP contribution in [0.4, 0.5) is 0 Å². The van der Waals surface area contributed by atoms with Gasteiger partial charge in [0.25, 0.3) is 0 Å². The number of allylic oxidation sites excluding steroid dienone is 2. The second kappa shape index (κ2) is 10.1. The number of ether oxygens (including phenoxy) is 1. The van der Waals surface area contributed by atoms with Crippen molar-refractivity contribution in [2.24, 2.45) is 0 Å². The number of hydrogen-bond acceptors (Lipinski definition) is 4. The van der Waals surface area contributed by atoms with E-state index in [2.05, 4.69) is 41.2 Å². The van der Waals surface area contributed by atoms with Crippen molar-refractivity contribution in [1.29, 1.82) is 0 Å². The van der Waals surface area contributed by atoms with Crippen LogP contribution in [-0.2, 0) is 4.74 Å². The van der Waals surface area contributed by atoms with Crippen LogP contribution in [-0.4, -0.2) is 23.3 Å². The standard InChI is InChI=1S/C26H24O4/c1-30-26(29)24-18-20(10-17-25(24)28)7-5-3-2-4-6-19-8-11-21(12-9-19)22-13-15-23(27)16-14-22/h4-18,27-28H,2-3H2,1H3/b6-4+,7-5+. The number of rotatable bonds is 7. The summed E-state index contributed by atoms with van der Waals surface area (Å²) in [4.78, 5) is 11.6. The summed E-state index contributed by atoms with van der Waals surface area (Å²) in [5, 5.41) is 19.1. The third-order valence-electron chi connectivity index (χ3n) is 4.66. The van der Waals surface area contributed by atoms with Gasteiger partial charge >= 0.3 is 5.97 Å². The second-order valence-electron chi connectivity index (χ2n) is 6.82. The minimum Gasteiger partial charge on any atom is -0.508 e. The van der Waals surface area contributed by atoms with Gasteiger partial charge in [-0.2, -0.15) is 0 Å². The lowest BCUT2D eigenvalue weighted by molar-refractivity contribution is 0.0597. The van der Waals surface area contributed by atoms with Crippen LogP contribution >= 0.6 is 0 Å². The Bertz CT molecular complexity index is 1050. The van der Waals surface area contributed by atoms with Gasteiger partial charge in [0.1, 0.15) is 17.1 Å². The molecule has 0 atom stereocenters. The molecule has 0 amide bonds. The zero-order chi connectivity index (χ0) is 21.3. The van der Waals surface area contributed by atoms with E-state index in [0.717, 1.165) is 35.1 Å². The summed E-state index contributed by atoms with van der Waals surface area (Å²) < 4.78 is 4.67. The van der Waals surface area contributed by atoms with Crippen molar-refractivity contribution in [3.05, 3.63) is 95.6 Å². The van der Waals surface area contributed by atoms with Crippen molar-refractivity contribution in [3.8, 4) is 22.6 Å². The highest BCUT2D eigenvalue weighted by molar-refractivity contribution is 5.93. The molecule has 2 N–H and O–H groups in total. The third kappa shape index (κ3) is 5.61. The van der Waals surface area contributed by atoms with Crippen LogP contribution in [0, 0.1) is 0 Å². The Hall–Kier alpha value is -3.79. The van der Waals surface area contributed by atoms with Gasteiger partial charge in [-0.1, -0.05) is 66.8 Å². The average Bonchev–Trinajstić information content (AvgIpc) is 2.77. The molecule has 4 heteroatoms. The predicted molar refractivity (Wildman–Crippen MR) is 120 cm³/mol. The molecule has 4 nitrogen and oxygen atoms in total. The van der Waals surface area contributed by atoms with Gasteiger partial charge in [-0.15, -0.1) is 0 Å². The molecule has 0 aromatic heterocycles. The molecule has 0 saturated heterocycles. The van der Waals surface area contributed by atoms with E-state index in [9.17, 15) is 15.0 Å². The molecule has 0 fully saturated rings. The van der Waals surface area contributed by atoms with Gasteiger partial charge in [-0.25, -0.2) is 4.79 Å². The number of unbranched alkanes of at least 4 members (excludes halogenated alkanes) is 1. The van der Waals surface area contributed by atoms with Gasteiger partial charge in [0.05, 0.1) is 7.11 Å². The number of phenols is 2. The number of carbonyl (C=O) groups is 1. The molecule has 152 valence electrons. The van der Waals surface area contributed by atoms with E-state index >= 15 is 0 Å². The van der Waals surface area contributed by atoms with Crippen molar-refractivity contribution < 1.29 is 19.7 Å². The van der Waals surface area contributed by atoms with Crippen LogP contribution in [0.5, 0.6) is 11.5 Å². The number of methoxy groups -OCH3 is 1. The van der Waals surface area contributed by atoms with Gasteiger partial charge in [0.2, 0.25) is 0 Å². The maximum atomic E-state index is 11.6. The van der Waals surface area contributed by atoms with Crippen LogP contribution in [0.1, 0.15) is 34.3 Å².